The zero-order valence-corrected chi connectivity index (χ0v) is 11.0. The quantitative estimate of drug-likeness (QED) is 0.809. The second-order valence-electron chi connectivity index (χ2n) is 4.85. The smallest absolute Gasteiger partial charge is 0.0347 e. The van der Waals surface area contributed by atoms with Gasteiger partial charge in [-0.2, -0.15) is 0 Å². The van der Waals surface area contributed by atoms with Crippen molar-refractivity contribution in [3.8, 4) is 0 Å². The van der Waals surface area contributed by atoms with E-state index in [0.717, 1.165) is 18.7 Å². The number of hydrogen-bond donors (Lipinski definition) is 2. The summed E-state index contributed by atoms with van der Waals surface area (Å²) in [6, 6.07) is 15.1. The van der Waals surface area contributed by atoms with Gasteiger partial charge in [0.05, 0.1) is 0 Å². The second kappa shape index (κ2) is 6.41. The fourth-order valence-electron chi connectivity index (χ4n) is 2.12. The van der Waals surface area contributed by atoms with Gasteiger partial charge >= 0.3 is 0 Å². The van der Waals surface area contributed by atoms with E-state index in [1.807, 2.05) is 0 Å². The molecule has 96 valence electrons. The van der Waals surface area contributed by atoms with E-state index in [1.165, 1.54) is 23.6 Å². The number of rotatable bonds is 6. The third-order valence-electron chi connectivity index (χ3n) is 3.25. The number of hydrogen-bond acceptors (Lipinski definition) is 2. The number of nitrogens with one attached hydrogen (secondary N) is 1. The van der Waals surface area contributed by atoms with Crippen LogP contribution in [0.1, 0.15) is 26.2 Å². The maximum atomic E-state index is 6.06. The van der Waals surface area contributed by atoms with Crippen LogP contribution in [0, 0.1) is 0 Å². The zero-order chi connectivity index (χ0) is 12.8. The Bertz CT molecular complexity index is 493. The van der Waals surface area contributed by atoms with Gasteiger partial charge in [0, 0.05) is 18.3 Å². The molecule has 0 saturated carbocycles. The first-order valence-corrected chi connectivity index (χ1v) is 6.78. The Morgan fingerprint density at radius 2 is 1.89 bits per heavy atom. The lowest BCUT2D eigenvalue weighted by atomic mass is 10.1. The molecular weight excluding hydrogens is 220 g/mol. The first kappa shape index (κ1) is 12.9. The maximum absolute atomic E-state index is 6.06. The average molecular weight is 242 g/mol. The molecule has 2 aromatic rings. The molecule has 0 bridgehead atoms. The molecule has 0 aliphatic heterocycles. The van der Waals surface area contributed by atoms with Gasteiger partial charge < -0.3 is 11.1 Å². The molecule has 0 radical (unpaired) electrons. The number of fused-ring (bicyclic) bond motifs is 1. The van der Waals surface area contributed by atoms with Crippen LogP contribution < -0.4 is 11.1 Å². The van der Waals surface area contributed by atoms with Crippen LogP contribution in [0.3, 0.4) is 0 Å². The summed E-state index contributed by atoms with van der Waals surface area (Å²) in [5.41, 5.74) is 7.21. The summed E-state index contributed by atoms with van der Waals surface area (Å²) in [5.74, 6) is 0. The molecule has 0 fully saturated rings. The Hall–Kier alpha value is -1.54. The highest BCUT2D eigenvalue weighted by molar-refractivity contribution is 5.85. The average Bonchev–Trinajstić information content (AvgIpc) is 2.42. The van der Waals surface area contributed by atoms with Crippen molar-refractivity contribution in [1.29, 1.82) is 0 Å². The lowest BCUT2D eigenvalue weighted by molar-refractivity contribution is 0.596. The molecule has 0 aromatic heterocycles. The first-order chi connectivity index (χ1) is 8.79. The standard InChI is InChI=1S/C16H22N2/c1-2-3-8-15(17)12-18-16-10-9-13-6-4-5-7-14(13)11-16/h4-7,9-11,15,18H,2-3,8,12,17H2,1H3. The van der Waals surface area contributed by atoms with Gasteiger partial charge in [0.25, 0.3) is 0 Å². The summed E-state index contributed by atoms with van der Waals surface area (Å²) >= 11 is 0. The highest BCUT2D eigenvalue weighted by Gasteiger charge is 2.02. The number of unbranched alkanes of at least 4 members (excludes halogenated alkanes) is 1. The Balaban J connectivity index is 1.95. The van der Waals surface area contributed by atoms with Crippen molar-refractivity contribution in [3.05, 3.63) is 42.5 Å². The monoisotopic (exact) mass is 242 g/mol. The summed E-state index contributed by atoms with van der Waals surface area (Å²) in [6.07, 6.45) is 3.52. The molecule has 0 heterocycles. The van der Waals surface area contributed by atoms with E-state index < -0.39 is 0 Å². The minimum atomic E-state index is 0.247. The molecule has 1 atom stereocenters. The van der Waals surface area contributed by atoms with Crippen molar-refractivity contribution in [3.63, 3.8) is 0 Å². The minimum Gasteiger partial charge on any atom is -0.383 e. The van der Waals surface area contributed by atoms with E-state index in [4.69, 9.17) is 5.73 Å². The van der Waals surface area contributed by atoms with Gasteiger partial charge in [-0.05, 0) is 29.3 Å². The molecule has 3 N–H and O–H groups in total. The van der Waals surface area contributed by atoms with Crippen LogP contribution in [0.25, 0.3) is 10.8 Å². The van der Waals surface area contributed by atoms with Crippen molar-refractivity contribution in [2.45, 2.75) is 32.2 Å². The molecule has 0 amide bonds. The molecule has 0 aliphatic rings. The van der Waals surface area contributed by atoms with Crippen molar-refractivity contribution in [2.24, 2.45) is 5.73 Å². The SMILES string of the molecule is CCCCC(N)CNc1ccc2ccccc2c1. The molecule has 2 heteroatoms. The van der Waals surface area contributed by atoms with Crippen molar-refractivity contribution < 1.29 is 0 Å². The van der Waals surface area contributed by atoms with Crippen LogP contribution in [0.4, 0.5) is 5.69 Å². The fourth-order valence-corrected chi connectivity index (χ4v) is 2.12. The van der Waals surface area contributed by atoms with Crippen LogP contribution >= 0.6 is 0 Å². The molecule has 0 saturated heterocycles. The highest BCUT2D eigenvalue weighted by atomic mass is 14.9. The van der Waals surface area contributed by atoms with Gasteiger partial charge in [0.2, 0.25) is 0 Å². The molecule has 2 rings (SSSR count). The van der Waals surface area contributed by atoms with Gasteiger partial charge in [0.1, 0.15) is 0 Å². The summed E-state index contributed by atoms with van der Waals surface area (Å²) < 4.78 is 0. The number of nitrogens with two attached hydrogens (primary N) is 1. The van der Waals surface area contributed by atoms with E-state index in [2.05, 4.69) is 54.7 Å². The van der Waals surface area contributed by atoms with Gasteiger partial charge in [-0.25, -0.2) is 0 Å². The predicted molar refractivity (Wildman–Crippen MR) is 79.9 cm³/mol. The van der Waals surface area contributed by atoms with E-state index >= 15 is 0 Å². The molecular formula is C16H22N2. The van der Waals surface area contributed by atoms with Crippen molar-refractivity contribution in [1.82, 2.24) is 0 Å². The topological polar surface area (TPSA) is 38.0 Å². The molecule has 2 nitrogen and oxygen atoms in total. The van der Waals surface area contributed by atoms with E-state index in [-0.39, 0.29) is 6.04 Å². The Kier molecular flexibility index (Phi) is 4.59. The van der Waals surface area contributed by atoms with Gasteiger partial charge in [0.15, 0.2) is 0 Å². The number of anilines is 1. The van der Waals surface area contributed by atoms with Crippen LogP contribution in [0.2, 0.25) is 0 Å². The highest BCUT2D eigenvalue weighted by Crippen LogP contribution is 2.18. The van der Waals surface area contributed by atoms with E-state index in [0.29, 0.717) is 0 Å². The summed E-state index contributed by atoms with van der Waals surface area (Å²) in [4.78, 5) is 0. The third kappa shape index (κ3) is 3.47. The van der Waals surface area contributed by atoms with Crippen LogP contribution in [0.5, 0.6) is 0 Å². The molecule has 0 spiro atoms. The van der Waals surface area contributed by atoms with Gasteiger partial charge in [-0.3, -0.25) is 0 Å². The first-order valence-electron chi connectivity index (χ1n) is 6.78. The molecule has 1 unspecified atom stereocenters. The normalized spacial score (nSPS) is 12.6. The van der Waals surface area contributed by atoms with Gasteiger partial charge in [-0.1, -0.05) is 50.1 Å². The minimum absolute atomic E-state index is 0.247. The lowest BCUT2D eigenvalue weighted by Gasteiger charge is -2.13. The Morgan fingerprint density at radius 3 is 2.67 bits per heavy atom. The van der Waals surface area contributed by atoms with Crippen LogP contribution in [-0.2, 0) is 0 Å². The van der Waals surface area contributed by atoms with Crippen molar-refractivity contribution in [2.75, 3.05) is 11.9 Å². The Labute approximate surface area is 109 Å². The largest absolute Gasteiger partial charge is 0.383 e. The van der Waals surface area contributed by atoms with Crippen LogP contribution in [-0.4, -0.2) is 12.6 Å². The summed E-state index contributed by atoms with van der Waals surface area (Å²) in [6.45, 7) is 3.04. The third-order valence-corrected chi connectivity index (χ3v) is 3.25. The van der Waals surface area contributed by atoms with Crippen molar-refractivity contribution >= 4 is 16.5 Å². The molecule has 18 heavy (non-hydrogen) atoms. The number of benzene rings is 2. The molecule has 0 aliphatic carbocycles. The van der Waals surface area contributed by atoms with Crippen LogP contribution in [0.15, 0.2) is 42.5 Å². The Morgan fingerprint density at radius 1 is 1.11 bits per heavy atom. The van der Waals surface area contributed by atoms with E-state index in [1.54, 1.807) is 0 Å². The summed E-state index contributed by atoms with van der Waals surface area (Å²) in [7, 11) is 0. The zero-order valence-electron chi connectivity index (χ0n) is 11.0. The maximum Gasteiger partial charge on any atom is 0.0347 e. The summed E-state index contributed by atoms with van der Waals surface area (Å²) in [5, 5.41) is 5.96. The fraction of sp³-hybridized carbons (Fsp3) is 0.375. The lowest BCUT2D eigenvalue weighted by Crippen LogP contribution is -2.28. The second-order valence-corrected chi connectivity index (χ2v) is 4.85. The van der Waals surface area contributed by atoms with E-state index in [9.17, 15) is 0 Å². The molecule has 2 aromatic carbocycles. The predicted octanol–water partition coefficient (Wildman–Crippen LogP) is 3.77. The van der Waals surface area contributed by atoms with Gasteiger partial charge in [-0.15, -0.1) is 0 Å².